The lowest BCUT2D eigenvalue weighted by Crippen LogP contribution is -2.32. The SMILES string of the molecule is COc1ccc(C)cc1NC(=O)[C@H](C)Nc1cccc(C)c1C. The van der Waals surface area contributed by atoms with Gasteiger partial charge in [-0.1, -0.05) is 18.2 Å². The smallest absolute Gasteiger partial charge is 0.246 e. The molecule has 0 saturated heterocycles. The molecule has 0 saturated carbocycles. The zero-order valence-electron chi connectivity index (χ0n) is 14.4. The van der Waals surface area contributed by atoms with Crippen LogP contribution in [0.15, 0.2) is 36.4 Å². The monoisotopic (exact) mass is 312 g/mol. The van der Waals surface area contributed by atoms with Crippen molar-refractivity contribution in [2.75, 3.05) is 17.7 Å². The Bertz CT molecular complexity index is 711. The van der Waals surface area contributed by atoms with Gasteiger partial charge in [-0.05, 0) is 62.6 Å². The first-order valence-corrected chi connectivity index (χ1v) is 7.70. The standard InChI is InChI=1S/C19H24N2O2/c1-12-9-10-18(23-5)17(11-12)21-19(22)15(4)20-16-8-6-7-13(2)14(16)3/h6-11,15,20H,1-5H3,(H,21,22)/t15-/m0/s1. The molecule has 0 fully saturated rings. The first kappa shape index (κ1) is 16.9. The summed E-state index contributed by atoms with van der Waals surface area (Å²) in [5.41, 5.74) is 5.08. The molecule has 2 aromatic carbocycles. The van der Waals surface area contributed by atoms with Gasteiger partial charge in [0.2, 0.25) is 5.91 Å². The summed E-state index contributed by atoms with van der Waals surface area (Å²) in [5, 5.41) is 6.20. The minimum atomic E-state index is -0.360. The van der Waals surface area contributed by atoms with Crippen LogP contribution >= 0.6 is 0 Å². The van der Waals surface area contributed by atoms with Gasteiger partial charge in [0.15, 0.2) is 0 Å². The van der Waals surface area contributed by atoms with E-state index in [1.807, 2.05) is 51.1 Å². The number of carbonyl (C=O) groups excluding carboxylic acids is 1. The molecular weight excluding hydrogens is 288 g/mol. The van der Waals surface area contributed by atoms with Crippen LogP contribution in [0.4, 0.5) is 11.4 Å². The van der Waals surface area contributed by atoms with Crippen molar-refractivity contribution in [3.05, 3.63) is 53.1 Å². The number of hydrogen-bond acceptors (Lipinski definition) is 3. The molecule has 23 heavy (non-hydrogen) atoms. The van der Waals surface area contributed by atoms with Gasteiger partial charge in [0.05, 0.1) is 12.8 Å². The molecule has 2 N–H and O–H groups in total. The van der Waals surface area contributed by atoms with E-state index in [1.165, 1.54) is 5.56 Å². The molecule has 4 heteroatoms. The van der Waals surface area contributed by atoms with Crippen molar-refractivity contribution in [2.45, 2.75) is 33.7 Å². The molecule has 1 atom stereocenters. The van der Waals surface area contributed by atoms with Gasteiger partial charge < -0.3 is 15.4 Å². The predicted octanol–water partition coefficient (Wildman–Crippen LogP) is 4.06. The molecule has 0 unspecified atom stereocenters. The first-order valence-electron chi connectivity index (χ1n) is 7.70. The number of rotatable bonds is 5. The summed E-state index contributed by atoms with van der Waals surface area (Å²) >= 11 is 0. The summed E-state index contributed by atoms with van der Waals surface area (Å²) in [6, 6.07) is 11.4. The van der Waals surface area contributed by atoms with Crippen molar-refractivity contribution in [1.29, 1.82) is 0 Å². The van der Waals surface area contributed by atoms with Crippen LogP contribution in [-0.4, -0.2) is 19.1 Å². The fourth-order valence-electron chi connectivity index (χ4n) is 2.37. The van der Waals surface area contributed by atoms with Gasteiger partial charge in [-0.25, -0.2) is 0 Å². The van der Waals surface area contributed by atoms with Gasteiger partial charge in [0.25, 0.3) is 0 Å². The molecule has 1 amide bonds. The average molecular weight is 312 g/mol. The summed E-state index contributed by atoms with van der Waals surface area (Å²) in [6.07, 6.45) is 0. The van der Waals surface area contributed by atoms with Crippen LogP contribution < -0.4 is 15.4 Å². The molecule has 0 spiro atoms. The number of methoxy groups -OCH3 is 1. The molecule has 0 aromatic heterocycles. The lowest BCUT2D eigenvalue weighted by molar-refractivity contribution is -0.116. The number of aryl methyl sites for hydroxylation is 2. The molecule has 2 aromatic rings. The molecular formula is C19H24N2O2. The number of benzene rings is 2. The van der Waals surface area contributed by atoms with E-state index >= 15 is 0 Å². The zero-order chi connectivity index (χ0) is 17.0. The average Bonchev–Trinajstić information content (AvgIpc) is 2.52. The molecule has 4 nitrogen and oxygen atoms in total. The molecule has 0 heterocycles. The van der Waals surface area contributed by atoms with Crippen LogP contribution in [0.2, 0.25) is 0 Å². The van der Waals surface area contributed by atoms with Crippen molar-refractivity contribution >= 4 is 17.3 Å². The third-order valence-electron chi connectivity index (χ3n) is 3.98. The number of ether oxygens (including phenoxy) is 1. The Hall–Kier alpha value is -2.49. The third kappa shape index (κ3) is 4.03. The summed E-state index contributed by atoms with van der Waals surface area (Å²) < 4.78 is 5.30. The zero-order valence-corrected chi connectivity index (χ0v) is 14.4. The Morgan fingerprint density at radius 1 is 1.09 bits per heavy atom. The highest BCUT2D eigenvalue weighted by Crippen LogP contribution is 2.25. The molecule has 2 rings (SSSR count). The van der Waals surface area contributed by atoms with Gasteiger partial charge in [-0.3, -0.25) is 4.79 Å². The fraction of sp³-hybridized carbons (Fsp3) is 0.316. The Morgan fingerprint density at radius 3 is 2.52 bits per heavy atom. The maximum atomic E-state index is 12.5. The van der Waals surface area contributed by atoms with Gasteiger partial charge >= 0.3 is 0 Å². The van der Waals surface area contributed by atoms with Crippen molar-refractivity contribution < 1.29 is 9.53 Å². The van der Waals surface area contributed by atoms with Crippen molar-refractivity contribution in [3.8, 4) is 5.75 Å². The Morgan fingerprint density at radius 2 is 1.83 bits per heavy atom. The molecule has 0 radical (unpaired) electrons. The van der Waals surface area contributed by atoms with Crippen LogP contribution in [0, 0.1) is 20.8 Å². The number of nitrogens with one attached hydrogen (secondary N) is 2. The second-order valence-electron chi connectivity index (χ2n) is 5.81. The largest absolute Gasteiger partial charge is 0.495 e. The number of hydrogen-bond donors (Lipinski definition) is 2. The molecule has 0 aliphatic rings. The summed E-state index contributed by atoms with van der Waals surface area (Å²) in [5.74, 6) is 0.553. The van der Waals surface area contributed by atoms with Crippen molar-refractivity contribution in [2.24, 2.45) is 0 Å². The van der Waals surface area contributed by atoms with E-state index in [4.69, 9.17) is 4.74 Å². The third-order valence-corrected chi connectivity index (χ3v) is 3.98. The summed E-state index contributed by atoms with van der Waals surface area (Å²) in [6.45, 7) is 7.93. The van der Waals surface area contributed by atoms with E-state index in [-0.39, 0.29) is 11.9 Å². The number of carbonyl (C=O) groups is 1. The Kier molecular flexibility index (Phi) is 5.27. The quantitative estimate of drug-likeness (QED) is 0.875. The van der Waals surface area contributed by atoms with E-state index in [9.17, 15) is 4.79 Å². The highest BCUT2D eigenvalue weighted by molar-refractivity contribution is 5.97. The Balaban J connectivity index is 2.11. The lowest BCUT2D eigenvalue weighted by Gasteiger charge is -2.19. The molecule has 0 bridgehead atoms. The van der Waals surface area contributed by atoms with Crippen LogP contribution in [0.5, 0.6) is 5.75 Å². The van der Waals surface area contributed by atoms with Gasteiger partial charge in [0, 0.05) is 5.69 Å². The van der Waals surface area contributed by atoms with Crippen LogP contribution in [0.3, 0.4) is 0 Å². The number of amides is 1. The Labute approximate surface area is 137 Å². The summed E-state index contributed by atoms with van der Waals surface area (Å²) in [7, 11) is 1.60. The fourth-order valence-corrected chi connectivity index (χ4v) is 2.37. The summed E-state index contributed by atoms with van der Waals surface area (Å²) in [4.78, 5) is 12.5. The first-order chi connectivity index (χ1) is 10.9. The molecule has 122 valence electrons. The van der Waals surface area contributed by atoms with E-state index in [0.29, 0.717) is 11.4 Å². The predicted molar refractivity (Wildman–Crippen MR) is 95.4 cm³/mol. The highest BCUT2D eigenvalue weighted by Gasteiger charge is 2.16. The lowest BCUT2D eigenvalue weighted by atomic mass is 10.1. The number of anilines is 2. The van der Waals surface area contributed by atoms with Crippen LogP contribution in [-0.2, 0) is 4.79 Å². The normalized spacial score (nSPS) is 11.7. The molecule has 0 aliphatic heterocycles. The second-order valence-corrected chi connectivity index (χ2v) is 5.81. The van der Waals surface area contributed by atoms with Gasteiger partial charge in [0.1, 0.15) is 11.8 Å². The topological polar surface area (TPSA) is 50.4 Å². The van der Waals surface area contributed by atoms with Gasteiger partial charge in [-0.15, -0.1) is 0 Å². The van der Waals surface area contributed by atoms with E-state index < -0.39 is 0 Å². The molecule has 0 aliphatic carbocycles. The van der Waals surface area contributed by atoms with E-state index in [0.717, 1.165) is 16.8 Å². The van der Waals surface area contributed by atoms with E-state index in [1.54, 1.807) is 7.11 Å². The van der Waals surface area contributed by atoms with E-state index in [2.05, 4.69) is 23.6 Å². The maximum Gasteiger partial charge on any atom is 0.246 e. The van der Waals surface area contributed by atoms with Crippen molar-refractivity contribution in [3.63, 3.8) is 0 Å². The second kappa shape index (κ2) is 7.18. The van der Waals surface area contributed by atoms with Crippen LogP contribution in [0.1, 0.15) is 23.6 Å². The minimum Gasteiger partial charge on any atom is -0.495 e. The maximum absolute atomic E-state index is 12.5. The van der Waals surface area contributed by atoms with Crippen LogP contribution in [0.25, 0.3) is 0 Å². The highest BCUT2D eigenvalue weighted by atomic mass is 16.5. The minimum absolute atomic E-state index is 0.102. The van der Waals surface area contributed by atoms with Gasteiger partial charge in [-0.2, -0.15) is 0 Å². The van der Waals surface area contributed by atoms with Crippen molar-refractivity contribution in [1.82, 2.24) is 0 Å².